The van der Waals surface area contributed by atoms with Crippen LogP contribution in [0.1, 0.15) is 11.1 Å². The first-order valence-electron chi connectivity index (χ1n) is 6.68. The Kier molecular flexibility index (Phi) is 3.06. The Morgan fingerprint density at radius 3 is 2.32 bits per heavy atom. The Morgan fingerprint density at radius 2 is 1.64 bits per heavy atom. The van der Waals surface area contributed by atoms with E-state index in [1.807, 2.05) is 0 Å². The number of phenols is 3. The number of hydrogen-bond donors (Lipinski definition) is 3. The highest BCUT2D eigenvalue weighted by Gasteiger charge is 2.16. The van der Waals surface area contributed by atoms with Crippen LogP contribution in [0.2, 0.25) is 0 Å². The van der Waals surface area contributed by atoms with Crippen LogP contribution in [0.25, 0.3) is 22.3 Å². The molecule has 5 heteroatoms. The Labute approximate surface area is 125 Å². The van der Waals surface area contributed by atoms with Gasteiger partial charge in [0.2, 0.25) is 0 Å². The standard InChI is InChI=1S/C17H14O5/c1-8-5-10(3-4-11(8)18)15-7-14(21)16-13(20)6-12(19)9(2)17(16)22-15/h3-7,18-20H,1-2H3. The summed E-state index contributed by atoms with van der Waals surface area (Å²) in [5.41, 5.74) is 1.39. The van der Waals surface area contributed by atoms with Crippen molar-refractivity contribution < 1.29 is 19.7 Å². The van der Waals surface area contributed by atoms with Crippen LogP contribution in [0.5, 0.6) is 17.2 Å². The summed E-state index contributed by atoms with van der Waals surface area (Å²) in [4.78, 5) is 12.3. The van der Waals surface area contributed by atoms with E-state index in [4.69, 9.17) is 4.42 Å². The molecule has 112 valence electrons. The van der Waals surface area contributed by atoms with Crippen molar-refractivity contribution >= 4 is 11.0 Å². The van der Waals surface area contributed by atoms with Gasteiger partial charge in [0, 0.05) is 23.3 Å². The van der Waals surface area contributed by atoms with E-state index in [9.17, 15) is 20.1 Å². The molecule has 0 bridgehead atoms. The molecular formula is C17H14O5. The molecule has 3 aromatic rings. The molecule has 22 heavy (non-hydrogen) atoms. The number of benzene rings is 2. The minimum atomic E-state index is -0.400. The molecule has 0 saturated heterocycles. The largest absolute Gasteiger partial charge is 0.508 e. The van der Waals surface area contributed by atoms with Gasteiger partial charge in [0.05, 0.1) is 0 Å². The fraction of sp³-hybridized carbons (Fsp3) is 0.118. The number of phenolic OH excluding ortho intramolecular Hbond substituents is 3. The van der Waals surface area contributed by atoms with Crippen molar-refractivity contribution in [3.63, 3.8) is 0 Å². The summed E-state index contributed by atoms with van der Waals surface area (Å²) in [6.45, 7) is 3.34. The summed E-state index contributed by atoms with van der Waals surface area (Å²) in [6.07, 6.45) is 0. The van der Waals surface area contributed by atoms with Crippen LogP contribution in [0.4, 0.5) is 0 Å². The van der Waals surface area contributed by atoms with Crippen molar-refractivity contribution in [3.8, 4) is 28.6 Å². The second kappa shape index (κ2) is 4.80. The van der Waals surface area contributed by atoms with Gasteiger partial charge in [-0.25, -0.2) is 0 Å². The number of hydrogen-bond acceptors (Lipinski definition) is 5. The van der Waals surface area contributed by atoms with Gasteiger partial charge >= 0.3 is 0 Å². The van der Waals surface area contributed by atoms with Gasteiger partial charge in [-0.05, 0) is 37.6 Å². The molecule has 0 atom stereocenters. The van der Waals surface area contributed by atoms with Crippen LogP contribution >= 0.6 is 0 Å². The summed E-state index contributed by atoms with van der Waals surface area (Å²) < 4.78 is 5.71. The number of rotatable bonds is 1. The molecule has 5 nitrogen and oxygen atoms in total. The molecule has 0 radical (unpaired) electrons. The highest BCUT2D eigenvalue weighted by Crippen LogP contribution is 2.34. The Bertz CT molecular complexity index is 953. The topological polar surface area (TPSA) is 90.9 Å². The minimum absolute atomic E-state index is 0.0366. The molecule has 0 spiro atoms. The highest BCUT2D eigenvalue weighted by molar-refractivity contribution is 5.88. The van der Waals surface area contributed by atoms with Crippen molar-refractivity contribution in [2.75, 3.05) is 0 Å². The van der Waals surface area contributed by atoms with Crippen LogP contribution in [-0.4, -0.2) is 15.3 Å². The van der Waals surface area contributed by atoms with Crippen LogP contribution < -0.4 is 5.43 Å². The first kappa shape index (κ1) is 14.0. The third-order valence-electron chi connectivity index (χ3n) is 3.68. The average Bonchev–Trinajstić information content (AvgIpc) is 2.47. The Balaban J connectivity index is 2.35. The average molecular weight is 298 g/mol. The predicted molar refractivity (Wildman–Crippen MR) is 82.4 cm³/mol. The van der Waals surface area contributed by atoms with Crippen LogP contribution in [0.15, 0.2) is 39.5 Å². The SMILES string of the molecule is Cc1cc(-c2cc(=O)c3c(O)cc(O)c(C)c3o2)ccc1O. The Morgan fingerprint density at radius 1 is 0.909 bits per heavy atom. The Hall–Kier alpha value is -2.95. The number of aryl methyl sites for hydroxylation is 2. The second-order valence-electron chi connectivity index (χ2n) is 5.22. The zero-order chi connectivity index (χ0) is 16.0. The van der Waals surface area contributed by atoms with Gasteiger partial charge in [0.25, 0.3) is 0 Å². The van der Waals surface area contributed by atoms with Crippen molar-refractivity contribution in [1.29, 1.82) is 0 Å². The van der Waals surface area contributed by atoms with Crippen molar-refractivity contribution in [2.45, 2.75) is 13.8 Å². The van der Waals surface area contributed by atoms with Gasteiger partial charge in [-0.3, -0.25) is 4.79 Å². The first-order chi connectivity index (χ1) is 10.4. The van der Waals surface area contributed by atoms with E-state index < -0.39 is 5.43 Å². The second-order valence-corrected chi connectivity index (χ2v) is 5.22. The zero-order valence-corrected chi connectivity index (χ0v) is 12.0. The smallest absolute Gasteiger partial charge is 0.197 e. The lowest BCUT2D eigenvalue weighted by atomic mass is 10.1. The summed E-state index contributed by atoms with van der Waals surface area (Å²) in [5.74, 6) is -0.0143. The normalized spacial score (nSPS) is 11.0. The van der Waals surface area contributed by atoms with Crippen molar-refractivity contribution in [2.24, 2.45) is 0 Å². The molecule has 0 amide bonds. The molecule has 0 aliphatic carbocycles. The van der Waals surface area contributed by atoms with E-state index in [1.54, 1.807) is 26.0 Å². The summed E-state index contributed by atoms with van der Waals surface area (Å²) in [7, 11) is 0. The zero-order valence-electron chi connectivity index (χ0n) is 12.0. The van der Waals surface area contributed by atoms with E-state index in [2.05, 4.69) is 0 Å². The van der Waals surface area contributed by atoms with E-state index in [0.29, 0.717) is 22.5 Å². The predicted octanol–water partition coefficient (Wildman–Crippen LogP) is 3.19. The van der Waals surface area contributed by atoms with Crippen LogP contribution in [-0.2, 0) is 0 Å². The minimum Gasteiger partial charge on any atom is -0.508 e. The molecule has 3 N–H and O–H groups in total. The molecule has 0 aliphatic rings. The summed E-state index contributed by atoms with van der Waals surface area (Å²) >= 11 is 0. The van der Waals surface area contributed by atoms with E-state index in [0.717, 1.165) is 6.07 Å². The van der Waals surface area contributed by atoms with E-state index >= 15 is 0 Å². The van der Waals surface area contributed by atoms with E-state index in [-0.39, 0.29) is 28.2 Å². The molecule has 0 unspecified atom stereocenters. The molecule has 1 heterocycles. The van der Waals surface area contributed by atoms with Gasteiger partial charge in [0.15, 0.2) is 5.43 Å². The maximum Gasteiger partial charge on any atom is 0.197 e. The lowest BCUT2D eigenvalue weighted by Gasteiger charge is -2.09. The molecule has 0 saturated carbocycles. The monoisotopic (exact) mass is 298 g/mol. The molecular weight excluding hydrogens is 284 g/mol. The molecule has 0 fully saturated rings. The molecule has 3 rings (SSSR count). The summed E-state index contributed by atoms with van der Waals surface area (Å²) in [5, 5.41) is 29.2. The summed E-state index contributed by atoms with van der Waals surface area (Å²) in [6, 6.07) is 7.24. The van der Waals surface area contributed by atoms with Gasteiger partial charge in [-0.1, -0.05) is 0 Å². The lowest BCUT2D eigenvalue weighted by molar-refractivity contribution is 0.449. The van der Waals surface area contributed by atoms with Crippen LogP contribution in [0.3, 0.4) is 0 Å². The van der Waals surface area contributed by atoms with Crippen molar-refractivity contribution in [1.82, 2.24) is 0 Å². The number of aromatic hydroxyl groups is 3. The maximum atomic E-state index is 12.3. The quantitative estimate of drug-likeness (QED) is 0.642. The third-order valence-corrected chi connectivity index (χ3v) is 3.68. The van der Waals surface area contributed by atoms with Crippen molar-refractivity contribution in [3.05, 3.63) is 51.7 Å². The lowest BCUT2D eigenvalue weighted by Crippen LogP contribution is -2.02. The van der Waals surface area contributed by atoms with Gasteiger partial charge in [-0.2, -0.15) is 0 Å². The molecule has 0 aliphatic heterocycles. The fourth-order valence-electron chi connectivity index (χ4n) is 2.38. The third kappa shape index (κ3) is 2.07. The van der Waals surface area contributed by atoms with Gasteiger partial charge < -0.3 is 19.7 Å². The number of fused-ring (bicyclic) bond motifs is 1. The maximum absolute atomic E-state index is 12.3. The molecule has 1 aromatic heterocycles. The van der Waals surface area contributed by atoms with Gasteiger partial charge in [-0.15, -0.1) is 0 Å². The van der Waals surface area contributed by atoms with Crippen LogP contribution in [0, 0.1) is 13.8 Å². The molecule has 2 aromatic carbocycles. The fourth-order valence-corrected chi connectivity index (χ4v) is 2.38. The highest BCUT2D eigenvalue weighted by atomic mass is 16.3. The first-order valence-corrected chi connectivity index (χ1v) is 6.68. The van der Waals surface area contributed by atoms with Gasteiger partial charge in [0.1, 0.15) is 34.0 Å². The van der Waals surface area contributed by atoms with E-state index in [1.165, 1.54) is 12.1 Å².